The van der Waals surface area contributed by atoms with Crippen molar-refractivity contribution in [2.75, 3.05) is 11.5 Å². The molecule has 2 fully saturated rings. The fraction of sp³-hybridized carbons (Fsp3) is 0.824. The van der Waals surface area contributed by atoms with Crippen molar-refractivity contribution in [2.24, 2.45) is 0 Å². The van der Waals surface area contributed by atoms with E-state index in [0.717, 1.165) is 17.9 Å². The van der Waals surface area contributed by atoms with Crippen molar-refractivity contribution in [3.05, 3.63) is 17.0 Å². The number of hydrogen-bond donors (Lipinski definition) is 1. The summed E-state index contributed by atoms with van der Waals surface area (Å²) in [5.74, 6) is 0.538. The Morgan fingerprint density at radius 2 is 1.83 bits per heavy atom. The zero-order chi connectivity index (χ0) is 16.4. The zero-order valence-electron chi connectivity index (χ0n) is 14.3. The number of nitrogens with one attached hydrogen (secondary N) is 1. The Kier molecular flexibility index (Phi) is 5.11. The maximum Gasteiger partial charge on any atom is 0.152 e. The van der Waals surface area contributed by atoms with Crippen LogP contribution in [0.2, 0.25) is 0 Å². The second-order valence-electron chi connectivity index (χ2n) is 7.22. The lowest BCUT2D eigenvalue weighted by molar-refractivity contribution is 0.456. The summed E-state index contributed by atoms with van der Waals surface area (Å²) < 4.78 is 25.4. The minimum Gasteiger partial charge on any atom is -0.310 e. The number of rotatable bonds is 4. The molecule has 3 rings (SSSR count). The third-order valence-corrected chi connectivity index (χ3v) is 7.20. The highest BCUT2D eigenvalue weighted by Crippen LogP contribution is 2.27. The highest BCUT2D eigenvalue weighted by Gasteiger charge is 2.31. The summed E-state index contributed by atoms with van der Waals surface area (Å²) in [6.45, 7) is 4.97. The Bertz CT molecular complexity index is 643. The first-order valence-corrected chi connectivity index (χ1v) is 10.8. The normalized spacial score (nSPS) is 25.6. The quantitative estimate of drug-likeness (QED) is 0.857. The highest BCUT2D eigenvalue weighted by molar-refractivity contribution is 7.91. The molecule has 1 aliphatic heterocycles. The first-order valence-electron chi connectivity index (χ1n) is 8.94. The van der Waals surface area contributed by atoms with Crippen molar-refractivity contribution < 1.29 is 8.42 Å². The molecule has 1 N–H and O–H groups in total. The second kappa shape index (κ2) is 6.93. The fourth-order valence-electron chi connectivity index (χ4n) is 4.01. The summed E-state index contributed by atoms with van der Waals surface area (Å²) in [7, 11) is -2.87. The van der Waals surface area contributed by atoms with E-state index in [4.69, 9.17) is 0 Å². The SMILES string of the molecule is Cc1nn(C2CCS(=O)(=O)C2)c(C)c1CNC1CCCCCC1. The Hall–Kier alpha value is -0.880. The van der Waals surface area contributed by atoms with Crippen LogP contribution in [0, 0.1) is 13.8 Å². The van der Waals surface area contributed by atoms with Gasteiger partial charge < -0.3 is 5.32 Å². The van der Waals surface area contributed by atoms with Crippen LogP contribution < -0.4 is 5.32 Å². The van der Waals surface area contributed by atoms with Gasteiger partial charge in [-0.1, -0.05) is 25.7 Å². The molecule has 23 heavy (non-hydrogen) atoms. The van der Waals surface area contributed by atoms with Gasteiger partial charge in [-0.3, -0.25) is 4.68 Å². The smallest absolute Gasteiger partial charge is 0.152 e. The lowest BCUT2D eigenvalue weighted by Gasteiger charge is -2.17. The van der Waals surface area contributed by atoms with Crippen LogP contribution in [0.15, 0.2) is 0 Å². The molecule has 0 spiro atoms. The third kappa shape index (κ3) is 3.97. The van der Waals surface area contributed by atoms with Crippen molar-refractivity contribution in [2.45, 2.75) is 77.4 Å². The Balaban J connectivity index is 1.68. The van der Waals surface area contributed by atoms with Crippen LogP contribution in [0.25, 0.3) is 0 Å². The van der Waals surface area contributed by atoms with Crippen LogP contribution in [0.5, 0.6) is 0 Å². The standard InChI is InChI=1S/C17H29N3O2S/c1-13-17(11-18-15-7-5-3-4-6-8-15)14(2)20(19-13)16-9-10-23(21,22)12-16/h15-16,18H,3-12H2,1-2H3. The van der Waals surface area contributed by atoms with E-state index in [-0.39, 0.29) is 11.8 Å². The molecular formula is C17H29N3O2S. The summed E-state index contributed by atoms with van der Waals surface area (Å²) in [5.41, 5.74) is 3.41. The molecule has 0 aromatic carbocycles. The predicted octanol–water partition coefficient (Wildman–Crippen LogP) is 2.67. The first-order chi connectivity index (χ1) is 11.0. The Labute approximate surface area is 139 Å². The van der Waals surface area contributed by atoms with Gasteiger partial charge in [0.15, 0.2) is 9.84 Å². The Morgan fingerprint density at radius 3 is 2.43 bits per heavy atom. The Morgan fingerprint density at radius 1 is 1.13 bits per heavy atom. The van der Waals surface area contributed by atoms with E-state index in [0.29, 0.717) is 18.2 Å². The summed E-state index contributed by atoms with van der Waals surface area (Å²) in [6, 6.07) is 0.636. The third-order valence-electron chi connectivity index (χ3n) is 5.45. The van der Waals surface area contributed by atoms with E-state index in [2.05, 4.69) is 17.3 Å². The number of sulfone groups is 1. The minimum atomic E-state index is -2.87. The minimum absolute atomic E-state index is 0.0188. The largest absolute Gasteiger partial charge is 0.310 e. The number of aryl methyl sites for hydroxylation is 1. The molecule has 1 atom stereocenters. The number of nitrogens with zero attached hydrogens (tertiary/aromatic N) is 2. The summed E-state index contributed by atoms with van der Waals surface area (Å²) in [5, 5.41) is 8.36. The molecule has 1 aromatic rings. The van der Waals surface area contributed by atoms with Crippen LogP contribution in [0.3, 0.4) is 0 Å². The van der Waals surface area contributed by atoms with E-state index in [1.165, 1.54) is 44.1 Å². The number of aromatic nitrogens is 2. The van der Waals surface area contributed by atoms with E-state index in [1.807, 2.05) is 11.6 Å². The van der Waals surface area contributed by atoms with Crippen LogP contribution in [0.1, 0.15) is 67.9 Å². The van der Waals surface area contributed by atoms with Crippen LogP contribution in [-0.4, -0.2) is 35.7 Å². The van der Waals surface area contributed by atoms with Crippen LogP contribution in [0.4, 0.5) is 0 Å². The van der Waals surface area contributed by atoms with Gasteiger partial charge in [0.05, 0.1) is 23.2 Å². The van der Waals surface area contributed by atoms with E-state index in [9.17, 15) is 8.42 Å². The van der Waals surface area contributed by atoms with Crippen molar-refractivity contribution in [1.29, 1.82) is 0 Å². The monoisotopic (exact) mass is 339 g/mol. The molecule has 5 nitrogen and oxygen atoms in total. The van der Waals surface area contributed by atoms with Gasteiger partial charge in [0.1, 0.15) is 0 Å². The molecule has 130 valence electrons. The van der Waals surface area contributed by atoms with Gasteiger partial charge in [0.2, 0.25) is 0 Å². The molecule has 0 amide bonds. The van der Waals surface area contributed by atoms with Gasteiger partial charge >= 0.3 is 0 Å². The van der Waals surface area contributed by atoms with E-state index < -0.39 is 9.84 Å². The van der Waals surface area contributed by atoms with Gasteiger partial charge in [-0.25, -0.2) is 8.42 Å². The lowest BCUT2D eigenvalue weighted by Crippen LogP contribution is -2.28. The van der Waals surface area contributed by atoms with Crippen LogP contribution >= 0.6 is 0 Å². The van der Waals surface area contributed by atoms with Gasteiger partial charge in [-0.05, 0) is 33.1 Å². The molecular weight excluding hydrogens is 310 g/mol. The maximum atomic E-state index is 11.7. The van der Waals surface area contributed by atoms with Gasteiger partial charge in [0.25, 0.3) is 0 Å². The van der Waals surface area contributed by atoms with Crippen molar-refractivity contribution in [3.8, 4) is 0 Å². The molecule has 1 saturated carbocycles. The molecule has 1 saturated heterocycles. The molecule has 0 radical (unpaired) electrons. The molecule has 2 aliphatic rings. The molecule has 2 heterocycles. The predicted molar refractivity (Wildman–Crippen MR) is 92.3 cm³/mol. The first kappa shape index (κ1) is 17.0. The van der Waals surface area contributed by atoms with Gasteiger partial charge in [-0.15, -0.1) is 0 Å². The number of hydrogen-bond acceptors (Lipinski definition) is 4. The highest BCUT2D eigenvalue weighted by atomic mass is 32.2. The van der Waals surface area contributed by atoms with Crippen molar-refractivity contribution >= 4 is 9.84 Å². The van der Waals surface area contributed by atoms with Gasteiger partial charge in [-0.2, -0.15) is 5.10 Å². The van der Waals surface area contributed by atoms with Crippen molar-refractivity contribution in [1.82, 2.24) is 15.1 Å². The summed E-state index contributed by atoms with van der Waals surface area (Å²) in [4.78, 5) is 0. The molecule has 6 heteroatoms. The topological polar surface area (TPSA) is 64.0 Å². The molecule has 1 aliphatic carbocycles. The molecule has 0 bridgehead atoms. The molecule has 1 unspecified atom stereocenters. The lowest BCUT2D eigenvalue weighted by atomic mass is 10.1. The van der Waals surface area contributed by atoms with E-state index >= 15 is 0 Å². The average Bonchev–Trinajstić information content (AvgIpc) is 2.86. The maximum absolute atomic E-state index is 11.7. The van der Waals surface area contributed by atoms with E-state index in [1.54, 1.807) is 0 Å². The van der Waals surface area contributed by atoms with Crippen molar-refractivity contribution in [3.63, 3.8) is 0 Å². The average molecular weight is 340 g/mol. The fourth-order valence-corrected chi connectivity index (χ4v) is 5.70. The van der Waals surface area contributed by atoms with Gasteiger partial charge in [0, 0.05) is 23.8 Å². The summed E-state index contributed by atoms with van der Waals surface area (Å²) >= 11 is 0. The zero-order valence-corrected chi connectivity index (χ0v) is 15.2. The summed E-state index contributed by atoms with van der Waals surface area (Å²) in [6.07, 6.45) is 8.62. The molecule has 1 aromatic heterocycles. The second-order valence-corrected chi connectivity index (χ2v) is 9.45. The van der Waals surface area contributed by atoms with Crippen LogP contribution in [-0.2, 0) is 16.4 Å².